The molecule has 0 radical (unpaired) electrons. The first kappa shape index (κ1) is 14.8. The Morgan fingerprint density at radius 1 is 1.20 bits per heavy atom. The molecule has 0 aliphatic carbocycles. The van der Waals surface area contributed by atoms with Crippen molar-refractivity contribution in [3.05, 3.63) is 54.4 Å². The third-order valence-electron chi connectivity index (χ3n) is 3.03. The number of nitrogens with two attached hydrogens (primary N) is 2. The van der Waals surface area contributed by atoms with E-state index in [2.05, 4.69) is 4.98 Å². The molecule has 0 aliphatic heterocycles. The van der Waals surface area contributed by atoms with Gasteiger partial charge in [-0.25, -0.2) is 0 Å². The number of aliphatic hydroxyl groups is 1. The summed E-state index contributed by atoms with van der Waals surface area (Å²) in [7, 11) is 0. The van der Waals surface area contributed by atoms with Crippen molar-refractivity contribution in [3.63, 3.8) is 0 Å². The van der Waals surface area contributed by atoms with Crippen molar-refractivity contribution >= 4 is 17.4 Å². The number of nitrogens with zero attached hydrogens (tertiary/aromatic N) is 1. The lowest BCUT2D eigenvalue weighted by molar-refractivity contribution is 0.167. The van der Waals surface area contributed by atoms with Gasteiger partial charge in [-0.1, -0.05) is 30.3 Å². The van der Waals surface area contributed by atoms with Crippen molar-refractivity contribution in [1.29, 1.82) is 0 Å². The van der Waals surface area contributed by atoms with Crippen LogP contribution in [0.2, 0.25) is 0 Å². The summed E-state index contributed by atoms with van der Waals surface area (Å²) in [6.07, 6.45) is 3.38. The second kappa shape index (κ2) is 7.28. The predicted octanol–water partition coefficient (Wildman–Crippen LogP) is 1.69. The van der Waals surface area contributed by atoms with Gasteiger partial charge in [0.2, 0.25) is 0 Å². The van der Waals surface area contributed by atoms with Crippen molar-refractivity contribution < 1.29 is 5.11 Å². The molecule has 5 heteroatoms. The molecule has 2 atom stereocenters. The van der Waals surface area contributed by atoms with E-state index < -0.39 is 6.10 Å². The van der Waals surface area contributed by atoms with Crippen LogP contribution in [0, 0.1) is 0 Å². The highest BCUT2D eigenvalue weighted by molar-refractivity contribution is 7.99. The van der Waals surface area contributed by atoms with Crippen LogP contribution in [0.1, 0.15) is 5.56 Å². The molecule has 2 aromatic rings. The van der Waals surface area contributed by atoms with Crippen molar-refractivity contribution in [2.75, 3.05) is 11.5 Å². The molecule has 5 N–H and O–H groups in total. The van der Waals surface area contributed by atoms with Crippen molar-refractivity contribution in [2.24, 2.45) is 5.73 Å². The zero-order valence-electron chi connectivity index (χ0n) is 11.1. The minimum absolute atomic E-state index is 0.284. The van der Waals surface area contributed by atoms with E-state index in [1.807, 2.05) is 36.4 Å². The molecular weight excluding hydrogens is 270 g/mol. The van der Waals surface area contributed by atoms with Gasteiger partial charge in [-0.2, -0.15) is 0 Å². The van der Waals surface area contributed by atoms with Crippen LogP contribution >= 0.6 is 11.8 Å². The number of hydrogen-bond donors (Lipinski definition) is 3. The van der Waals surface area contributed by atoms with Gasteiger partial charge in [-0.05, 0) is 18.1 Å². The van der Waals surface area contributed by atoms with E-state index in [4.69, 9.17) is 11.5 Å². The highest BCUT2D eigenvalue weighted by Crippen LogP contribution is 2.24. The number of benzene rings is 1. The SMILES string of the molecule is Nc1cnccc1SCC(O)C(N)Cc1ccccc1. The number of hydrogen-bond acceptors (Lipinski definition) is 5. The Bertz CT molecular complexity index is 536. The van der Waals surface area contributed by atoms with E-state index in [-0.39, 0.29) is 6.04 Å². The molecule has 1 aromatic carbocycles. The second-order valence-corrected chi connectivity index (χ2v) is 5.71. The smallest absolute Gasteiger partial charge is 0.0788 e. The van der Waals surface area contributed by atoms with Gasteiger partial charge < -0.3 is 16.6 Å². The zero-order chi connectivity index (χ0) is 14.4. The molecule has 0 spiro atoms. The normalized spacial score (nSPS) is 13.9. The Morgan fingerprint density at radius 2 is 1.95 bits per heavy atom. The second-order valence-electron chi connectivity index (χ2n) is 4.65. The number of aromatic nitrogens is 1. The maximum atomic E-state index is 10.1. The van der Waals surface area contributed by atoms with Gasteiger partial charge in [-0.15, -0.1) is 11.8 Å². The largest absolute Gasteiger partial charge is 0.397 e. The summed E-state index contributed by atoms with van der Waals surface area (Å²) in [5, 5.41) is 10.1. The van der Waals surface area contributed by atoms with Crippen LogP contribution in [0.15, 0.2) is 53.7 Å². The monoisotopic (exact) mass is 289 g/mol. The van der Waals surface area contributed by atoms with Gasteiger partial charge in [0.25, 0.3) is 0 Å². The third kappa shape index (κ3) is 4.23. The molecular formula is C15H19N3OS. The van der Waals surface area contributed by atoms with Crippen LogP contribution in [-0.4, -0.2) is 28.0 Å². The maximum Gasteiger partial charge on any atom is 0.0788 e. The van der Waals surface area contributed by atoms with Gasteiger partial charge in [0.1, 0.15) is 0 Å². The molecule has 1 aromatic heterocycles. The summed E-state index contributed by atoms with van der Waals surface area (Å²) >= 11 is 1.50. The van der Waals surface area contributed by atoms with E-state index >= 15 is 0 Å². The molecule has 4 nitrogen and oxygen atoms in total. The minimum atomic E-state index is -0.576. The Labute approximate surface area is 123 Å². The van der Waals surface area contributed by atoms with E-state index in [0.29, 0.717) is 17.9 Å². The molecule has 2 unspecified atom stereocenters. The van der Waals surface area contributed by atoms with Crippen molar-refractivity contribution in [1.82, 2.24) is 4.98 Å². The van der Waals surface area contributed by atoms with Crippen molar-refractivity contribution in [2.45, 2.75) is 23.5 Å². The average Bonchev–Trinajstić information content (AvgIpc) is 2.47. The number of pyridine rings is 1. The van der Waals surface area contributed by atoms with E-state index in [1.54, 1.807) is 12.4 Å². The molecule has 1 heterocycles. The number of nitrogen functional groups attached to an aromatic ring is 1. The summed E-state index contributed by atoms with van der Waals surface area (Å²) in [5.41, 5.74) is 13.6. The Kier molecular flexibility index (Phi) is 5.40. The third-order valence-corrected chi connectivity index (χ3v) is 4.22. The van der Waals surface area contributed by atoms with Crippen LogP contribution in [0.3, 0.4) is 0 Å². The standard InChI is InChI=1S/C15H19N3OS/c16-12(8-11-4-2-1-3-5-11)14(19)10-20-15-6-7-18-9-13(15)17/h1-7,9,12,14,19H,8,10,16-17H2. The summed E-state index contributed by atoms with van der Waals surface area (Å²) in [4.78, 5) is 4.86. The number of rotatable bonds is 6. The lowest BCUT2D eigenvalue weighted by atomic mass is 10.0. The topological polar surface area (TPSA) is 85.2 Å². The van der Waals surface area contributed by atoms with Gasteiger partial charge in [-0.3, -0.25) is 4.98 Å². The highest BCUT2D eigenvalue weighted by atomic mass is 32.2. The number of aliphatic hydroxyl groups excluding tert-OH is 1. The Morgan fingerprint density at radius 3 is 2.65 bits per heavy atom. The van der Waals surface area contributed by atoms with Gasteiger partial charge in [0.15, 0.2) is 0 Å². The molecule has 0 saturated carbocycles. The molecule has 2 rings (SSSR count). The predicted molar refractivity (Wildman–Crippen MR) is 83.5 cm³/mol. The van der Waals surface area contributed by atoms with E-state index in [9.17, 15) is 5.11 Å². The lowest BCUT2D eigenvalue weighted by Crippen LogP contribution is -2.38. The zero-order valence-corrected chi connectivity index (χ0v) is 12.0. The first-order valence-electron chi connectivity index (χ1n) is 6.46. The van der Waals surface area contributed by atoms with Gasteiger partial charge in [0, 0.05) is 22.9 Å². The van der Waals surface area contributed by atoms with Crippen LogP contribution in [0.25, 0.3) is 0 Å². The van der Waals surface area contributed by atoms with Crippen LogP contribution in [0.5, 0.6) is 0 Å². The number of thioether (sulfide) groups is 1. The fraction of sp³-hybridized carbons (Fsp3) is 0.267. The first-order chi connectivity index (χ1) is 9.66. The van der Waals surface area contributed by atoms with Gasteiger partial charge in [0.05, 0.1) is 18.0 Å². The van der Waals surface area contributed by atoms with Crippen LogP contribution < -0.4 is 11.5 Å². The fourth-order valence-corrected chi connectivity index (χ4v) is 2.82. The first-order valence-corrected chi connectivity index (χ1v) is 7.45. The fourth-order valence-electron chi connectivity index (χ4n) is 1.85. The summed E-state index contributed by atoms with van der Waals surface area (Å²) in [6, 6.07) is 11.5. The van der Waals surface area contributed by atoms with Crippen molar-refractivity contribution in [3.8, 4) is 0 Å². The molecule has 0 fully saturated rings. The van der Waals surface area contributed by atoms with Crippen LogP contribution in [-0.2, 0) is 6.42 Å². The lowest BCUT2D eigenvalue weighted by Gasteiger charge is -2.18. The van der Waals surface area contributed by atoms with E-state index in [0.717, 1.165) is 10.5 Å². The summed E-state index contributed by atoms with van der Waals surface area (Å²) in [6.45, 7) is 0. The van der Waals surface area contributed by atoms with Gasteiger partial charge >= 0.3 is 0 Å². The molecule has 0 bridgehead atoms. The maximum absolute atomic E-state index is 10.1. The summed E-state index contributed by atoms with van der Waals surface area (Å²) in [5.74, 6) is 0.516. The molecule has 20 heavy (non-hydrogen) atoms. The molecule has 0 saturated heterocycles. The Hall–Kier alpha value is -1.56. The quantitative estimate of drug-likeness (QED) is 0.705. The number of anilines is 1. The summed E-state index contributed by atoms with van der Waals surface area (Å²) < 4.78 is 0. The molecule has 0 aliphatic rings. The highest BCUT2D eigenvalue weighted by Gasteiger charge is 2.16. The minimum Gasteiger partial charge on any atom is -0.397 e. The van der Waals surface area contributed by atoms with Crippen LogP contribution in [0.4, 0.5) is 5.69 Å². The molecule has 0 amide bonds. The average molecular weight is 289 g/mol. The van der Waals surface area contributed by atoms with E-state index in [1.165, 1.54) is 11.8 Å². The Balaban J connectivity index is 1.85. The molecule has 106 valence electrons.